The van der Waals surface area contributed by atoms with Crippen LogP contribution in [0.4, 0.5) is 0 Å². The number of aliphatic carboxylic acids is 1. The minimum Gasteiger partial charge on any atom is -0.480 e. The van der Waals surface area contributed by atoms with Crippen LogP contribution in [-0.2, 0) is 24.5 Å². The van der Waals surface area contributed by atoms with E-state index in [1.807, 2.05) is 34.6 Å². The standard InChI is InChI=1S/C32H33Br2NO7S/c1-17-6-8-19(9-7-17)43(40,41)42-30-20(33)10-18(11-21(30)34)27-28-22(12-31(2,3)14-24(28)36)35(16-26(38)39)23-13-32(4,5)15-25(37)29(23)27/h6-11,27H,12-16H2,1-5H3,(H,38,39). The molecule has 2 aromatic carbocycles. The van der Waals surface area contributed by atoms with Crippen molar-refractivity contribution in [1.29, 1.82) is 0 Å². The highest BCUT2D eigenvalue weighted by Crippen LogP contribution is 2.55. The van der Waals surface area contributed by atoms with E-state index in [-0.39, 0.29) is 41.6 Å². The number of carbonyl (C=O) groups is 3. The highest BCUT2D eigenvalue weighted by atomic mass is 79.9. The van der Waals surface area contributed by atoms with Crippen molar-refractivity contribution in [1.82, 2.24) is 4.90 Å². The van der Waals surface area contributed by atoms with Crippen molar-refractivity contribution in [2.45, 2.75) is 71.1 Å². The summed E-state index contributed by atoms with van der Waals surface area (Å²) in [5, 5.41) is 9.88. The van der Waals surface area contributed by atoms with Gasteiger partial charge < -0.3 is 14.2 Å². The van der Waals surface area contributed by atoms with Gasteiger partial charge in [0.1, 0.15) is 11.4 Å². The summed E-state index contributed by atoms with van der Waals surface area (Å²) in [7, 11) is -4.16. The van der Waals surface area contributed by atoms with Gasteiger partial charge in [-0.2, -0.15) is 8.42 Å². The molecule has 0 radical (unpaired) electrons. The van der Waals surface area contributed by atoms with Gasteiger partial charge in [-0.15, -0.1) is 0 Å². The maximum absolute atomic E-state index is 13.9. The number of rotatable bonds is 6. The van der Waals surface area contributed by atoms with Crippen LogP contribution in [0.2, 0.25) is 0 Å². The van der Waals surface area contributed by atoms with Crippen molar-refractivity contribution in [3.05, 3.63) is 79.0 Å². The van der Waals surface area contributed by atoms with Crippen LogP contribution < -0.4 is 4.18 Å². The molecule has 0 fully saturated rings. The lowest BCUT2D eigenvalue weighted by molar-refractivity contribution is -0.138. The molecule has 0 aromatic heterocycles. The van der Waals surface area contributed by atoms with Crippen LogP contribution in [-0.4, -0.2) is 42.5 Å². The van der Waals surface area contributed by atoms with Crippen molar-refractivity contribution < 1.29 is 32.1 Å². The fourth-order valence-corrected chi connectivity index (χ4v) is 8.96. The lowest BCUT2D eigenvalue weighted by Gasteiger charge is -2.48. The number of halogens is 2. The number of carboxylic acid groups (broad SMARTS) is 1. The van der Waals surface area contributed by atoms with Crippen molar-refractivity contribution >= 4 is 59.5 Å². The zero-order valence-corrected chi connectivity index (χ0v) is 28.6. The van der Waals surface area contributed by atoms with Crippen LogP contribution in [0.1, 0.15) is 70.4 Å². The van der Waals surface area contributed by atoms with Crippen LogP contribution in [0.15, 0.2) is 72.8 Å². The molecule has 11 heteroatoms. The van der Waals surface area contributed by atoms with Crippen LogP contribution >= 0.6 is 31.9 Å². The summed E-state index contributed by atoms with van der Waals surface area (Å²) in [5.74, 6) is -2.03. The fourth-order valence-electron chi connectivity index (χ4n) is 6.40. The van der Waals surface area contributed by atoms with Gasteiger partial charge in [0.25, 0.3) is 0 Å². The fraction of sp³-hybridized carbons (Fsp3) is 0.406. The van der Waals surface area contributed by atoms with Gasteiger partial charge in [-0.3, -0.25) is 14.4 Å². The Morgan fingerprint density at radius 2 is 1.37 bits per heavy atom. The molecule has 0 saturated carbocycles. The van der Waals surface area contributed by atoms with Gasteiger partial charge in [0, 0.05) is 41.3 Å². The lowest BCUT2D eigenvalue weighted by atomic mass is 9.63. The highest BCUT2D eigenvalue weighted by molar-refractivity contribution is 9.11. The molecule has 1 heterocycles. The number of benzene rings is 2. The van der Waals surface area contributed by atoms with Gasteiger partial charge in [-0.05, 0) is 92.3 Å². The van der Waals surface area contributed by atoms with Gasteiger partial charge >= 0.3 is 16.1 Å². The number of ketones is 2. The molecule has 0 atom stereocenters. The average Bonchev–Trinajstić information content (AvgIpc) is 2.85. The molecule has 8 nitrogen and oxygen atoms in total. The first-order valence-electron chi connectivity index (χ1n) is 13.9. The molecule has 43 heavy (non-hydrogen) atoms. The van der Waals surface area contributed by atoms with Crippen molar-refractivity contribution in [2.75, 3.05) is 6.54 Å². The molecule has 228 valence electrons. The molecular weight excluding hydrogens is 702 g/mol. The van der Waals surface area contributed by atoms with Crippen LogP contribution in [0.3, 0.4) is 0 Å². The first kappa shape index (κ1) is 31.7. The second-order valence-electron chi connectivity index (χ2n) is 13.2. The molecule has 0 spiro atoms. The summed E-state index contributed by atoms with van der Waals surface area (Å²) in [5.41, 5.74) is 2.82. The Morgan fingerprint density at radius 3 is 1.81 bits per heavy atom. The number of carbonyl (C=O) groups excluding carboxylic acids is 2. The number of hydrogen-bond acceptors (Lipinski definition) is 7. The lowest BCUT2D eigenvalue weighted by Crippen LogP contribution is -2.45. The molecule has 0 saturated heterocycles. The first-order chi connectivity index (χ1) is 19.9. The second kappa shape index (κ2) is 11.0. The third-order valence-electron chi connectivity index (χ3n) is 8.17. The Kier molecular flexibility index (Phi) is 8.10. The van der Waals surface area contributed by atoms with Crippen molar-refractivity contribution in [2.24, 2.45) is 10.8 Å². The largest absolute Gasteiger partial charge is 0.480 e. The number of Topliss-reactive ketones (excluding diaryl/α,β-unsaturated/α-hetero) is 2. The summed E-state index contributed by atoms with van der Waals surface area (Å²) < 4.78 is 32.4. The van der Waals surface area contributed by atoms with E-state index in [1.165, 1.54) is 12.1 Å². The first-order valence-corrected chi connectivity index (χ1v) is 16.9. The second-order valence-corrected chi connectivity index (χ2v) is 16.4. The predicted octanol–water partition coefficient (Wildman–Crippen LogP) is 7.06. The predicted molar refractivity (Wildman–Crippen MR) is 168 cm³/mol. The van der Waals surface area contributed by atoms with Gasteiger partial charge in [0.2, 0.25) is 0 Å². The van der Waals surface area contributed by atoms with Crippen LogP contribution in [0, 0.1) is 17.8 Å². The molecule has 2 aliphatic carbocycles. The number of aryl methyl sites for hydroxylation is 1. The maximum atomic E-state index is 13.9. The Morgan fingerprint density at radius 1 is 0.907 bits per heavy atom. The third-order valence-corrected chi connectivity index (χ3v) is 10.6. The Balaban J connectivity index is 1.68. The van der Waals surface area contributed by atoms with E-state index in [4.69, 9.17) is 4.18 Å². The van der Waals surface area contributed by atoms with Crippen molar-refractivity contribution in [3.63, 3.8) is 0 Å². The number of carboxylic acids is 1. The smallest absolute Gasteiger partial charge is 0.339 e. The van der Waals surface area contributed by atoms with Gasteiger partial charge in [-0.25, -0.2) is 0 Å². The molecule has 0 amide bonds. The van der Waals surface area contributed by atoms with E-state index in [1.54, 1.807) is 29.2 Å². The van der Waals surface area contributed by atoms with E-state index in [0.29, 0.717) is 49.9 Å². The van der Waals surface area contributed by atoms with Crippen molar-refractivity contribution in [3.8, 4) is 5.75 Å². The minimum absolute atomic E-state index is 0.00204. The summed E-state index contributed by atoms with van der Waals surface area (Å²) in [6, 6.07) is 9.67. The van der Waals surface area contributed by atoms with E-state index in [0.717, 1.165) is 5.56 Å². The van der Waals surface area contributed by atoms with Gasteiger partial charge in [0.15, 0.2) is 17.3 Å². The van der Waals surface area contributed by atoms with Gasteiger partial charge in [0.05, 0.1) is 8.95 Å². The Bertz CT molecular complexity index is 1660. The molecule has 0 bridgehead atoms. The SMILES string of the molecule is Cc1ccc(S(=O)(=O)Oc2c(Br)cc(C3C4=C(CC(C)(C)CC4=O)N(CC(=O)O)C4=C3C(=O)CC(C)(C)C4)cc2Br)cc1. The molecule has 5 rings (SSSR count). The maximum Gasteiger partial charge on any atom is 0.339 e. The molecule has 0 unspecified atom stereocenters. The monoisotopic (exact) mass is 733 g/mol. The summed E-state index contributed by atoms with van der Waals surface area (Å²) in [6.07, 6.45) is 1.46. The van der Waals surface area contributed by atoms with E-state index in [2.05, 4.69) is 31.9 Å². The molecule has 3 aliphatic rings. The molecule has 2 aromatic rings. The average molecular weight is 735 g/mol. The summed E-state index contributed by atoms with van der Waals surface area (Å²) in [6.45, 7) is 9.43. The normalized spacial score (nSPS) is 20.2. The highest BCUT2D eigenvalue weighted by Gasteiger charge is 2.49. The van der Waals surface area contributed by atoms with Crippen LogP contribution in [0.5, 0.6) is 5.75 Å². The number of nitrogens with zero attached hydrogens (tertiary/aromatic N) is 1. The molecule has 1 N–H and O–H groups in total. The zero-order chi connectivity index (χ0) is 31.6. The summed E-state index contributed by atoms with van der Waals surface area (Å²) >= 11 is 6.96. The molecule has 1 aliphatic heterocycles. The topological polar surface area (TPSA) is 118 Å². The minimum atomic E-state index is -4.16. The van der Waals surface area contributed by atoms with E-state index >= 15 is 0 Å². The quantitative estimate of drug-likeness (QED) is 0.314. The van der Waals surface area contributed by atoms with E-state index < -0.39 is 32.8 Å². The number of allylic oxidation sites excluding steroid dienone is 4. The number of hydrogen-bond donors (Lipinski definition) is 1. The van der Waals surface area contributed by atoms with E-state index in [9.17, 15) is 27.9 Å². The Hall–Kier alpha value is -2.76. The van der Waals surface area contributed by atoms with Crippen LogP contribution in [0.25, 0.3) is 0 Å². The summed E-state index contributed by atoms with van der Waals surface area (Å²) in [4.78, 5) is 41.5. The third kappa shape index (κ3) is 6.13. The Labute approximate surface area is 268 Å². The van der Waals surface area contributed by atoms with Gasteiger partial charge in [-0.1, -0.05) is 45.4 Å². The zero-order valence-electron chi connectivity index (χ0n) is 24.6. The molecular formula is C32H33Br2NO7S.